The predicted octanol–water partition coefficient (Wildman–Crippen LogP) is 3.78. The van der Waals surface area contributed by atoms with Crippen LogP contribution in [0, 0.1) is 6.92 Å². The van der Waals surface area contributed by atoms with Gasteiger partial charge in [0.05, 0.1) is 7.11 Å². The van der Waals surface area contributed by atoms with Crippen molar-refractivity contribution in [3.8, 4) is 5.75 Å². The van der Waals surface area contributed by atoms with Crippen LogP contribution in [0.5, 0.6) is 5.75 Å². The molecule has 1 amide bonds. The van der Waals surface area contributed by atoms with Crippen LogP contribution in [0.1, 0.15) is 29.5 Å². The van der Waals surface area contributed by atoms with Crippen molar-refractivity contribution in [1.82, 2.24) is 9.80 Å². The van der Waals surface area contributed by atoms with Gasteiger partial charge in [-0.1, -0.05) is 30.3 Å². The molecule has 1 aliphatic rings. The zero-order valence-corrected chi connectivity index (χ0v) is 18.8. The lowest BCUT2D eigenvalue weighted by atomic mass is 10.0. The second kappa shape index (κ2) is 10.0. The Morgan fingerprint density at radius 2 is 1.88 bits per heavy atom. The minimum absolute atomic E-state index is 0.0974. The molecule has 1 aromatic heterocycles. The predicted molar refractivity (Wildman–Crippen MR) is 125 cm³/mol. The van der Waals surface area contributed by atoms with E-state index < -0.39 is 0 Å². The van der Waals surface area contributed by atoms with Crippen molar-refractivity contribution in [1.29, 1.82) is 0 Å². The van der Waals surface area contributed by atoms with E-state index in [0.717, 1.165) is 50.1 Å². The fraction of sp³-hybridized carbons (Fsp3) is 0.385. The highest BCUT2D eigenvalue weighted by atomic mass is 16.5. The van der Waals surface area contributed by atoms with Crippen LogP contribution in [0.15, 0.2) is 57.7 Å². The number of ether oxygens (including phenoxy) is 1. The molecule has 0 saturated carbocycles. The van der Waals surface area contributed by atoms with Gasteiger partial charge in [0.25, 0.3) is 0 Å². The molecule has 0 N–H and O–H groups in total. The SMILES string of the molecule is COc1ccc2c(C)c(CCC(=O)N3CCCN(Cc4ccccc4)CC3)c(=O)oc2c1. The molecule has 0 radical (unpaired) electrons. The van der Waals surface area contributed by atoms with E-state index in [-0.39, 0.29) is 11.5 Å². The number of carbonyl (C=O) groups excluding carboxylic acids is 1. The monoisotopic (exact) mass is 434 g/mol. The minimum Gasteiger partial charge on any atom is -0.497 e. The fourth-order valence-electron chi connectivity index (χ4n) is 4.40. The first kappa shape index (κ1) is 22.1. The molecule has 3 aromatic rings. The van der Waals surface area contributed by atoms with Crippen molar-refractivity contribution in [2.24, 2.45) is 0 Å². The van der Waals surface area contributed by atoms with E-state index in [4.69, 9.17) is 9.15 Å². The van der Waals surface area contributed by atoms with Gasteiger partial charge in [0.15, 0.2) is 0 Å². The normalized spacial score (nSPS) is 15.0. The number of rotatable bonds is 6. The molecule has 2 aromatic carbocycles. The highest BCUT2D eigenvalue weighted by molar-refractivity contribution is 5.82. The number of fused-ring (bicyclic) bond motifs is 1. The van der Waals surface area contributed by atoms with Gasteiger partial charge in [-0.2, -0.15) is 0 Å². The molecule has 2 heterocycles. The molecule has 0 aliphatic carbocycles. The number of aryl methyl sites for hydroxylation is 1. The fourth-order valence-corrected chi connectivity index (χ4v) is 4.40. The minimum atomic E-state index is -0.374. The maximum absolute atomic E-state index is 12.9. The second-order valence-corrected chi connectivity index (χ2v) is 8.35. The van der Waals surface area contributed by atoms with Gasteiger partial charge < -0.3 is 14.1 Å². The number of amides is 1. The second-order valence-electron chi connectivity index (χ2n) is 8.35. The molecule has 0 unspecified atom stereocenters. The molecule has 1 aliphatic heterocycles. The Balaban J connectivity index is 1.38. The largest absolute Gasteiger partial charge is 0.497 e. The van der Waals surface area contributed by atoms with Crippen LogP contribution in [0.3, 0.4) is 0 Å². The Morgan fingerprint density at radius 3 is 2.66 bits per heavy atom. The Hall–Kier alpha value is -3.12. The molecule has 0 spiro atoms. The van der Waals surface area contributed by atoms with Gasteiger partial charge in [-0.25, -0.2) is 4.79 Å². The molecule has 6 heteroatoms. The Labute approximate surface area is 188 Å². The zero-order chi connectivity index (χ0) is 22.5. The van der Waals surface area contributed by atoms with Crippen LogP contribution >= 0.6 is 0 Å². The number of benzene rings is 2. The molecule has 168 valence electrons. The smallest absolute Gasteiger partial charge is 0.339 e. The summed E-state index contributed by atoms with van der Waals surface area (Å²) in [7, 11) is 1.58. The molecule has 1 saturated heterocycles. The first-order chi connectivity index (χ1) is 15.5. The van der Waals surface area contributed by atoms with Gasteiger partial charge in [-0.15, -0.1) is 0 Å². The van der Waals surface area contributed by atoms with Crippen LogP contribution in [-0.2, 0) is 17.8 Å². The molecule has 0 atom stereocenters. The van der Waals surface area contributed by atoms with Crippen LogP contribution in [0.4, 0.5) is 0 Å². The van der Waals surface area contributed by atoms with Crippen LogP contribution in [0.25, 0.3) is 11.0 Å². The summed E-state index contributed by atoms with van der Waals surface area (Å²) in [6.07, 6.45) is 1.66. The summed E-state index contributed by atoms with van der Waals surface area (Å²) in [5, 5.41) is 0.874. The van der Waals surface area contributed by atoms with Crippen molar-refractivity contribution < 1.29 is 13.9 Å². The summed E-state index contributed by atoms with van der Waals surface area (Å²) in [6.45, 7) is 6.14. The van der Waals surface area contributed by atoms with Crippen LogP contribution in [-0.4, -0.2) is 49.0 Å². The summed E-state index contributed by atoms with van der Waals surface area (Å²) in [5.41, 5.74) is 2.88. The topological polar surface area (TPSA) is 63.0 Å². The van der Waals surface area contributed by atoms with E-state index in [2.05, 4.69) is 29.2 Å². The van der Waals surface area contributed by atoms with Crippen molar-refractivity contribution in [2.45, 2.75) is 32.7 Å². The van der Waals surface area contributed by atoms with Crippen molar-refractivity contribution in [2.75, 3.05) is 33.3 Å². The number of nitrogens with zero attached hydrogens (tertiary/aromatic N) is 2. The molecule has 0 bridgehead atoms. The average Bonchev–Trinajstić information content (AvgIpc) is 3.04. The summed E-state index contributed by atoms with van der Waals surface area (Å²) in [4.78, 5) is 29.8. The number of hydrogen-bond donors (Lipinski definition) is 0. The van der Waals surface area contributed by atoms with Crippen LogP contribution < -0.4 is 10.4 Å². The lowest BCUT2D eigenvalue weighted by molar-refractivity contribution is -0.131. The lowest BCUT2D eigenvalue weighted by Gasteiger charge is -2.22. The number of hydrogen-bond acceptors (Lipinski definition) is 5. The quantitative estimate of drug-likeness (QED) is 0.553. The lowest BCUT2D eigenvalue weighted by Crippen LogP contribution is -2.35. The van der Waals surface area contributed by atoms with Gasteiger partial charge in [-0.3, -0.25) is 9.69 Å². The highest BCUT2D eigenvalue weighted by Crippen LogP contribution is 2.24. The standard InChI is InChI=1S/C26H30N2O4/c1-19-22-10-9-21(31-2)17-24(22)32-26(30)23(19)11-12-25(29)28-14-6-13-27(15-16-28)18-20-7-4-3-5-8-20/h3-5,7-10,17H,6,11-16,18H2,1-2H3. The number of methoxy groups -OCH3 is 1. The van der Waals surface area contributed by atoms with Gasteiger partial charge in [0.1, 0.15) is 11.3 Å². The molecule has 32 heavy (non-hydrogen) atoms. The van der Waals surface area contributed by atoms with Gasteiger partial charge in [0.2, 0.25) is 5.91 Å². The maximum Gasteiger partial charge on any atom is 0.339 e. The third-order valence-electron chi connectivity index (χ3n) is 6.27. The third kappa shape index (κ3) is 5.02. The first-order valence-electron chi connectivity index (χ1n) is 11.2. The van der Waals surface area contributed by atoms with Crippen LogP contribution in [0.2, 0.25) is 0 Å². The van der Waals surface area contributed by atoms with Crippen molar-refractivity contribution >= 4 is 16.9 Å². The Morgan fingerprint density at radius 1 is 1.06 bits per heavy atom. The summed E-state index contributed by atoms with van der Waals surface area (Å²) in [6, 6.07) is 15.9. The Bertz CT molecular complexity index is 1140. The summed E-state index contributed by atoms with van der Waals surface area (Å²) < 4.78 is 10.7. The third-order valence-corrected chi connectivity index (χ3v) is 6.27. The van der Waals surface area contributed by atoms with E-state index in [1.807, 2.05) is 30.0 Å². The number of carbonyl (C=O) groups is 1. The van der Waals surface area contributed by atoms with E-state index in [9.17, 15) is 9.59 Å². The Kier molecular flexibility index (Phi) is 6.90. The summed E-state index contributed by atoms with van der Waals surface area (Å²) >= 11 is 0. The van der Waals surface area contributed by atoms with E-state index in [0.29, 0.717) is 29.7 Å². The molecule has 1 fully saturated rings. The van der Waals surface area contributed by atoms with E-state index in [1.54, 1.807) is 13.2 Å². The molecule has 4 rings (SSSR count). The van der Waals surface area contributed by atoms with Gasteiger partial charge in [0, 0.05) is 56.2 Å². The zero-order valence-electron chi connectivity index (χ0n) is 18.8. The molecule has 6 nitrogen and oxygen atoms in total. The average molecular weight is 435 g/mol. The first-order valence-corrected chi connectivity index (χ1v) is 11.2. The van der Waals surface area contributed by atoms with Crippen molar-refractivity contribution in [3.05, 3.63) is 75.6 Å². The highest BCUT2D eigenvalue weighted by Gasteiger charge is 2.20. The molecular weight excluding hydrogens is 404 g/mol. The van der Waals surface area contributed by atoms with Crippen molar-refractivity contribution in [3.63, 3.8) is 0 Å². The molecular formula is C26H30N2O4. The van der Waals surface area contributed by atoms with E-state index >= 15 is 0 Å². The van der Waals surface area contributed by atoms with E-state index in [1.165, 1.54) is 5.56 Å². The van der Waals surface area contributed by atoms with Gasteiger partial charge in [-0.05, 0) is 43.0 Å². The van der Waals surface area contributed by atoms with Gasteiger partial charge >= 0.3 is 5.63 Å². The summed E-state index contributed by atoms with van der Waals surface area (Å²) in [5.74, 6) is 0.741. The maximum atomic E-state index is 12.9.